The average molecular weight is 364 g/mol. The minimum Gasteiger partial charge on any atom is -0.496 e. The van der Waals surface area contributed by atoms with Crippen molar-refractivity contribution in [1.82, 2.24) is 4.72 Å². The molecule has 1 fully saturated rings. The van der Waals surface area contributed by atoms with E-state index in [2.05, 4.69) is 20.7 Å². The van der Waals surface area contributed by atoms with Gasteiger partial charge in [0.1, 0.15) is 5.75 Å². The summed E-state index contributed by atoms with van der Waals surface area (Å²) in [6.45, 7) is 0. The molecular weight excluding hydrogens is 346 g/mol. The lowest BCUT2D eigenvalue weighted by Gasteiger charge is -2.19. The Hall–Kier alpha value is -0.630. The second-order valence-corrected chi connectivity index (χ2v) is 7.30. The Bertz CT molecular complexity index is 576. The number of ether oxygens (including phenoxy) is 2. The molecule has 2 rings (SSSR count). The lowest BCUT2D eigenvalue weighted by atomic mass is 10.2. The van der Waals surface area contributed by atoms with Crippen LogP contribution in [-0.2, 0) is 14.8 Å². The van der Waals surface area contributed by atoms with E-state index in [1.807, 2.05) is 0 Å². The van der Waals surface area contributed by atoms with Gasteiger partial charge in [-0.25, -0.2) is 13.1 Å². The second kappa shape index (κ2) is 6.43. The van der Waals surface area contributed by atoms with Crippen molar-refractivity contribution in [2.75, 3.05) is 14.2 Å². The Morgan fingerprint density at radius 2 is 2.05 bits per heavy atom. The molecule has 0 spiro atoms. The van der Waals surface area contributed by atoms with E-state index in [1.165, 1.54) is 19.2 Å². The van der Waals surface area contributed by atoms with Crippen molar-refractivity contribution in [3.63, 3.8) is 0 Å². The summed E-state index contributed by atoms with van der Waals surface area (Å²) in [5.74, 6) is 0.597. The number of methoxy groups -OCH3 is 2. The molecular formula is C13H18BrNO4S. The van der Waals surface area contributed by atoms with Crippen LogP contribution in [0.4, 0.5) is 0 Å². The normalized spacial score (nSPS) is 22.9. The van der Waals surface area contributed by atoms with Gasteiger partial charge in [0.15, 0.2) is 0 Å². The number of benzene rings is 1. The lowest BCUT2D eigenvalue weighted by Crippen LogP contribution is -2.40. The zero-order valence-corrected chi connectivity index (χ0v) is 13.8. The molecule has 1 N–H and O–H groups in total. The first-order valence-electron chi connectivity index (χ1n) is 6.36. The molecule has 20 heavy (non-hydrogen) atoms. The fourth-order valence-corrected chi connectivity index (χ4v) is 4.44. The van der Waals surface area contributed by atoms with Crippen molar-refractivity contribution in [2.45, 2.75) is 36.3 Å². The van der Waals surface area contributed by atoms with Crippen LogP contribution in [0.2, 0.25) is 0 Å². The molecule has 0 aliphatic heterocycles. The Morgan fingerprint density at radius 3 is 2.65 bits per heavy atom. The highest BCUT2D eigenvalue weighted by atomic mass is 79.9. The molecule has 1 saturated carbocycles. The van der Waals surface area contributed by atoms with E-state index in [0.29, 0.717) is 10.2 Å². The molecule has 1 aromatic carbocycles. The topological polar surface area (TPSA) is 64.6 Å². The SMILES string of the molecule is COc1ccc(S(=O)(=O)NC2CCCC2OC)cc1Br. The van der Waals surface area contributed by atoms with Crippen LogP contribution in [0.25, 0.3) is 0 Å². The van der Waals surface area contributed by atoms with Crippen molar-refractivity contribution < 1.29 is 17.9 Å². The van der Waals surface area contributed by atoms with E-state index in [1.54, 1.807) is 13.2 Å². The van der Waals surface area contributed by atoms with Crippen molar-refractivity contribution in [3.8, 4) is 5.75 Å². The Morgan fingerprint density at radius 1 is 1.30 bits per heavy atom. The van der Waals surface area contributed by atoms with E-state index >= 15 is 0 Å². The van der Waals surface area contributed by atoms with Gasteiger partial charge in [0.05, 0.1) is 22.6 Å². The molecule has 2 atom stereocenters. The summed E-state index contributed by atoms with van der Waals surface area (Å²) in [4.78, 5) is 0.215. The smallest absolute Gasteiger partial charge is 0.240 e. The minimum atomic E-state index is -3.55. The first-order chi connectivity index (χ1) is 9.47. The maximum absolute atomic E-state index is 12.4. The summed E-state index contributed by atoms with van der Waals surface area (Å²) in [7, 11) is -0.401. The van der Waals surface area contributed by atoms with Crippen molar-refractivity contribution in [1.29, 1.82) is 0 Å². The van der Waals surface area contributed by atoms with Crippen LogP contribution in [0, 0.1) is 0 Å². The highest BCUT2D eigenvalue weighted by molar-refractivity contribution is 9.10. The van der Waals surface area contributed by atoms with Gasteiger partial charge in [0.25, 0.3) is 0 Å². The van der Waals surface area contributed by atoms with Gasteiger partial charge < -0.3 is 9.47 Å². The fraction of sp³-hybridized carbons (Fsp3) is 0.538. The maximum Gasteiger partial charge on any atom is 0.240 e. The maximum atomic E-state index is 12.4. The predicted octanol–water partition coefficient (Wildman–Crippen LogP) is 2.30. The van der Waals surface area contributed by atoms with Gasteiger partial charge >= 0.3 is 0 Å². The summed E-state index contributed by atoms with van der Waals surface area (Å²) in [6, 6.07) is 4.53. The molecule has 0 bridgehead atoms. The standard InChI is InChI=1S/C13H18BrNO4S/c1-18-12-7-6-9(8-10(12)14)20(16,17)15-11-4-3-5-13(11)19-2/h6-8,11,13,15H,3-5H2,1-2H3. The Kier molecular flexibility index (Phi) is 5.06. The molecule has 1 aliphatic rings. The summed E-state index contributed by atoms with van der Waals surface area (Å²) >= 11 is 3.30. The number of rotatable bonds is 5. The van der Waals surface area contributed by atoms with E-state index in [4.69, 9.17) is 9.47 Å². The molecule has 5 nitrogen and oxygen atoms in total. The van der Waals surface area contributed by atoms with E-state index < -0.39 is 10.0 Å². The zero-order valence-electron chi connectivity index (χ0n) is 11.4. The van der Waals surface area contributed by atoms with Crippen LogP contribution in [0.3, 0.4) is 0 Å². The van der Waals surface area contributed by atoms with Gasteiger partial charge in [0, 0.05) is 13.2 Å². The van der Waals surface area contributed by atoms with Gasteiger partial charge in [-0.1, -0.05) is 0 Å². The highest BCUT2D eigenvalue weighted by Gasteiger charge is 2.31. The first-order valence-corrected chi connectivity index (χ1v) is 8.64. The van der Waals surface area contributed by atoms with Crippen LogP contribution >= 0.6 is 15.9 Å². The Labute approximate surface area is 127 Å². The monoisotopic (exact) mass is 363 g/mol. The average Bonchev–Trinajstić information content (AvgIpc) is 2.85. The first kappa shape index (κ1) is 15.8. The number of hydrogen-bond acceptors (Lipinski definition) is 4. The fourth-order valence-electron chi connectivity index (χ4n) is 2.42. The molecule has 0 heterocycles. The molecule has 112 valence electrons. The van der Waals surface area contributed by atoms with E-state index in [-0.39, 0.29) is 17.0 Å². The third kappa shape index (κ3) is 3.33. The number of sulfonamides is 1. The minimum absolute atomic E-state index is 0.0496. The predicted molar refractivity (Wildman–Crippen MR) is 79.5 cm³/mol. The molecule has 0 radical (unpaired) electrons. The number of nitrogens with one attached hydrogen (secondary N) is 1. The molecule has 1 aromatic rings. The van der Waals surface area contributed by atoms with Crippen LogP contribution in [0.15, 0.2) is 27.6 Å². The van der Waals surface area contributed by atoms with Crippen molar-refractivity contribution >= 4 is 26.0 Å². The van der Waals surface area contributed by atoms with Crippen molar-refractivity contribution in [3.05, 3.63) is 22.7 Å². The van der Waals surface area contributed by atoms with Crippen LogP contribution in [-0.4, -0.2) is 34.8 Å². The van der Waals surface area contributed by atoms with E-state index in [9.17, 15) is 8.42 Å². The molecule has 1 aliphatic carbocycles. The highest BCUT2D eigenvalue weighted by Crippen LogP contribution is 2.28. The summed E-state index contributed by atoms with van der Waals surface area (Å²) < 4.78 is 38.5. The second-order valence-electron chi connectivity index (χ2n) is 4.73. The van der Waals surface area contributed by atoms with Gasteiger partial charge in [-0.15, -0.1) is 0 Å². The summed E-state index contributed by atoms with van der Waals surface area (Å²) in [5.41, 5.74) is 0. The number of halogens is 1. The van der Waals surface area contributed by atoms with Gasteiger partial charge in [-0.3, -0.25) is 0 Å². The third-order valence-electron chi connectivity index (χ3n) is 3.50. The van der Waals surface area contributed by atoms with Gasteiger partial charge in [-0.05, 0) is 53.4 Å². The summed E-state index contributed by atoms with van der Waals surface area (Å²) in [6.07, 6.45) is 2.61. The molecule has 0 saturated heterocycles. The molecule has 0 aromatic heterocycles. The zero-order chi connectivity index (χ0) is 14.8. The van der Waals surface area contributed by atoms with Crippen LogP contribution in [0.5, 0.6) is 5.75 Å². The molecule has 0 amide bonds. The molecule has 7 heteroatoms. The molecule has 2 unspecified atom stereocenters. The lowest BCUT2D eigenvalue weighted by molar-refractivity contribution is 0.0916. The van der Waals surface area contributed by atoms with Gasteiger partial charge in [-0.2, -0.15) is 0 Å². The Balaban J connectivity index is 2.20. The van der Waals surface area contributed by atoms with E-state index in [0.717, 1.165) is 19.3 Å². The third-order valence-corrected chi connectivity index (χ3v) is 5.60. The van der Waals surface area contributed by atoms with Crippen molar-refractivity contribution in [2.24, 2.45) is 0 Å². The largest absolute Gasteiger partial charge is 0.496 e. The number of hydrogen-bond donors (Lipinski definition) is 1. The quantitative estimate of drug-likeness (QED) is 0.871. The van der Waals surface area contributed by atoms with Gasteiger partial charge in [0.2, 0.25) is 10.0 Å². The summed E-state index contributed by atoms with van der Waals surface area (Å²) in [5, 5.41) is 0. The van der Waals surface area contributed by atoms with Crippen LogP contribution in [0.1, 0.15) is 19.3 Å². The van der Waals surface area contributed by atoms with Crippen LogP contribution < -0.4 is 9.46 Å².